The van der Waals surface area contributed by atoms with E-state index in [9.17, 15) is 4.79 Å². The number of hydrogen-bond donors (Lipinski definition) is 0. The Labute approximate surface area is 431 Å². The van der Waals surface area contributed by atoms with Gasteiger partial charge in [-0.05, 0) is 119 Å². The lowest BCUT2D eigenvalue weighted by molar-refractivity contribution is -0.137. The quantitative estimate of drug-likeness (QED) is 0.0733. The van der Waals surface area contributed by atoms with E-state index in [1.165, 1.54) is 14.2 Å². The Hall–Kier alpha value is -5.95. The lowest BCUT2D eigenvalue weighted by Gasteiger charge is -2.48. The normalized spacial score (nSPS) is 18.6. The molecule has 3 atom stereocenters. The van der Waals surface area contributed by atoms with Gasteiger partial charge in [-0.15, -0.1) is 0 Å². The summed E-state index contributed by atoms with van der Waals surface area (Å²) in [6.45, 7) is 22.0. The second-order valence-electron chi connectivity index (χ2n) is 22.4. The number of carbonyl (C=O) groups excluding carboxylic acids is 1. The summed E-state index contributed by atoms with van der Waals surface area (Å²) in [6.07, 6.45) is -4.44. The van der Waals surface area contributed by atoms with Crippen LogP contribution in [0.3, 0.4) is 0 Å². The molecular weight excluding hydrogens is 980 g/mol. The van der Waals surface area contributed by atoms with Crippen molar-refractivity contribution in [3.8, 4) is 34.6 Å². The van der Waals surface area contributed by atoms with E-state index >= 15 is 22.0 Å². The molecule has 2 fully saturated rings. The third kappa shape index (κ3) is 11.0. The number of nitrogens with zero attached hydrogens (tertiary/aromatic N) is 6. The highest BCUT2D eigenvalue weighted by atomic mass is 28.4. The standard InChI is InChI=1S/C55H69F5N6O7Si/c1-14-39-47-33(3)72-49-41-46(62-50(70-30-54(23-24-54)31-71-74(12,13)53(7,8)9)63-48(41)66(47)26-25-65(39)51(67)73-52(4,5)6)44(57)45(61-49)38-27-40(43(56)32(2)42(38)55(58,59)60)64(28-34-15-19-36(68-10)20-16-34)29-35-17-21-37(69-11)22-18-35/h15-22,27,33,39,47H,14,23-26,28-31H2,1-13H3/t33-,39-,47+/m0/s1. The van der Waals surface area contributed by atoms with Crippen LogP contribution >= 0.6 is 0 Å². The van der Waals surface area contributed by atoms with Crippen molar-refractivity contribution >= 4 is 36.8 Å². The molecule has 1 amide bonds. The monoisotopic (exact) mass is 1050 g/mol. The number of ether oxygens (including phenoxy) is 5. The Morgan fingerprint density at radius 1 is 0.865 bits per heavy atom. The average Bonchev–Trinajstić information content (AvgIpc) is 4.13. The van der Waals surface area contributed by atoms with Crippen LogP contribution < -0.4 is 28.7 Å². The smallest absolute Gasteiger partial charge is 0.417 e. The van der Waals surface area contributed by atoms with E-state index in [1.807, 2.05) is 11.8 Å². The molecule has 3 aliphatic rings. The zero-order valence-corrected chi connectivity index (χ0v) is 45.7. The summed E-state index contributed by atoms with van der Waals surface area (Å²) in [6, 6.07) is 13.7. The van der Waals surface area contributed by atoms with Crippen LogP contribution in [0.2, 0.25) is 18.1 Å². The number of carbonyl (C=O) groups is 1. The van der Waals surface area contributed by atoms with Crippen LogP contribution in [-0.2, 0) is 28.4 Å². The number of halogens is 5. The molecule has 0 radical (unpaired) electrons. The van der Waals surface area contributed by atoms with Crippen LogP contribution in [0.5, 0.6) is 23.4 Å². The maximum Gasteiger partial charge on any atom is 0.417 e. The van der Waals surface area contributed by atoms with Gasteiger partial charge in [0.25, 0.3) is 0 Å². The molecule has 0 spiro atoms. The minimum Gasteiger partial charge on any atom is -0.497 e. The maximum atomic E-state index is 18.1. The minimum absolute atomic E-state index is 0.0178. The first kappa shape index (κ1) is 54.3. The first-order valence-corrected chi connectivity index (χ1v) is 28.1. The topological polar surface area (TPSA) is 121 Å². The number of hydrogen-bond acceptors (Lipinski definition) is 12. The van der Waals surface area contributed by atoms with Crippen molar-refractivity contribution in [2.24, 2.45) is 5.41 Å². The molecule has 19 heteroatoms. The average molecular weight is 1050 g/mol. The second kappa shape index (κ2) is 20.3. The van der Waals surface area contributed by atoms with Gasteiger partial charge in [-0.1, -0.05) is 52.0 Å². The highest BCUT2D eigenvalue weighted by molar-refractivity contribution is 6.74. The molecule has 8 rings (SSSR count). The molecule has 0 N–H and O–H groups in total. The Bertz CT molecular complexity index is 2820. The largest absolute Gasteiger partial charge is 0.497 e. The van der Waals surface area contributed by atoms with Crippen molar-refractivity contribution < 1.29 is 54.9 Å². The SMILES string of the molecule is CC[C@H]1[C@H]2[C@H](C)Oc3nc(-c4cc(N(Cc5ccc(OC)cc5)Cc5ccc(OC)cc5)c(F)c(C)c4C(F)(F)F)c(F)c4nc(OCC5(CO[Si](C)(C)C(C)(C)C)CC5)nc(c34)N2CCN1C(=O)OC(C)(C)C. The summed E-state index contributed by atoms with van der Waals surface area (Å²) in [4.78, 5) is 33.2. The molecule has 0 bridgehead atoms. The maximum absolute atomic E-state index is 18.1. The molecule has 3 aromatic carbocycles. The minimum atomic E-state index is -5.18. The van der Waals surface area contributed by atoms with Crippen LogP contribution in [0, 0.1) is 24.0 Å². The summed E-state index contributed by atoms with van der Waals surface area (Å²) in [7, 11) is 0.903. The van der Waals surface area contributed by atoms with Gasteiger partial charge < -0.3 is 42.8 Å². The first-order valence-electron chi connectivity index (χ1n) is 25.2. The summed E-state index contributed by atoms with van der Waals surface area (Å²) in [5.74, 6) is -1.25. The van der Waals surface area contributed by atoms with Crippen LogP contribution in [-0.4, -0.2) is 98.6 Å². The number of benzene rings is 3. The summed E-state index contributed by atoms with van der Waals surface area (Å²) in [5.41, 5.74) is -4.03. The van der Waals surface area contributed by atoms with Crippen LogP contribution in [0.25, 0.3) is 22.2 Å². The molecule has 2 aromatic heterocycles. The van der Waals surface area contributed by atoms with Crippen molar-refractivity contribution in [2.75, 3.05) is 50.3 Å². The number of alkyl halides is 3. The molecule has 5 aromatic rings. The van der Waals surface area contributed by atoms with Crippen molar-refractivity contribution in [3.05, 3.63) is 88.5 Å². The zero-order valence-electron chi connectivity index (χ0n) is 44.7. The molecule has 400 valence electrons. The Morgan fingerprint density at radius 3 is 1.97 bits per heavy atom. The fourth-order valence-corrected chi connectivity index (χ4v) is 10.7. The number of fused-ring (bicyclic) bond motifs is 2. The molecule has 1 saturated heterocycles. The number of piperazine rings is 1. The predicted octanol–water partition coefficient (Wildman–Crippen LogP) is 12.7. The van der Waals surface area contributed by atoms with Crippen molar-refractivity contribution in [1.29, 1.82) is 0 Å². The van der Waals surface area contributed by atoms with Gasteiger partial charge in [0.05, 0.1) is 44.2 Å². The number of amides is 1. The number of rotatable bonds is 15. The number of pyridine rings is 1. The summed E-state index contributed by atoms with van der Waals surface area (Å²) >= 11 is 0. The van der Waals surface area contributed by atoms with E-state index in [0.29, 0.717) is 35.7 Å². The Balaban J connectivity index is 1.30. The lowest BCUT2D eigenvalue weighted by Crippen LogP contribution is -2.65. The Morgan fingerprint density at radius 2 is 1.46 bits per heavy atom. The van der Waals surface area contributed by atoms with Crippen LogP contribution in [0.1, 0.15) is 96.9 Å². The molecule has 4 heterocycles. The van der Waals surface area contributed by atoms with E-state index in [2.05, 4.69) is 43.8 Å². The Kier molecular flexibility index (Phi) is 14.9. The molecular formula is C55H69F5N6O7Si. The van der Waals surface area contributed by atoms with E-state index in [1.54, 1.807) is 86.0 Å². The number of anilines is 2. The van der Waals surface area contributed by atoms with Gasteiger partial charge in [-0.3, -0.25) is 0 Å². The first-order chi connectivity index (χ1) is 34.7. The van der Waals surface area contributed by atoms with Crippen molar-refractivity contribution in [1.82, 2.24) is 19.9 Å². The molecule has 1 aliphatic carbocycles. The van der Waals surface area contributed by atoms with Gasteiger partial charge in [0.2, 0.25) is 5.88 Å². The third-order valence-corrected chi connectivity index (χ3v) is 19.5. The van der Waals surface area contributed by atoms with Crippen LogP contribution in [0.4, 0.5) is 38.3 Å². The second-order valence-corrected chi connectivity index (χ2v) is 27.2. The van der Waals surface area contributed by atoms with Crippen molar-refractivity contribution in [2.45, 2.75) is 143 Å². The van der Waals surface area contributed by atoms with Gasteiger partial charge in [-0.2, -0.15) is 23.1 Å². The van der Waals surface area contributed by atoms with Crippen LogP contribution in [0.15, 0.2) is 54.6 Å². The predicted molar refractivity (Wildman–Crippen MR) is 277 cm³/mol. The highest BCUT2D eigenvalue weighted by Gasteiger charge is 2.50. The fourth-order valence-electron chi connectivity index (χ4n) is 9.59. The molecule has 0 unspecified atom stereocenters. The third-order valence-electron chi connectivity index (χ3n) is 15.0. The van der Waals surface area contributed by atoms with Gasteiger partial charge in [0, 0.05) is 43.8 Å². The molecule has 13 nitrogen and oxygen atoms in total. The fraction of sp³-hybridized carbons (Fsp3) is 0.527. The number of aromatic nitrogens is 3. The molecule has 2 aliphatic heterocycles. The summed E-state index contributed by atoms with van der Waals surface area (Å²) < 4.78 is 118. The number of methoxy groups -OCH3 is 2. The molecule has 1 saturated carbocycles. The van der Waals surface area contributed by atoms with Gasteiger partial charge in [0.1, 0.15) is 51.4 Å². The van der Waals surface area contributed by atoms with E-state index in [-0.39, 0.29) is 72.0 Å². The van der Waals surface area contributed by atoms with Crippen molar-refractivity contribution in [3.63, 3.8) is 0 Å². The van der Waals surface area contributed by atoms with Gasteiger partial charge >= 0.3 is 18.3 Å². The van der Waals surface area contributed by atoms with E-state index < -0.39 is 83.9 Å². The van der Waals surface area contributed by atoms with Gasteiger partial charge in [0.15, 0.2) is 14.1 Å². The lowest BCUT2D eigenvalue weighted by atomic mass is 9.94. The summed E-state index contributed by atoms with van der Waals surface area (Å²) in [5, 5.41) is -0.0157. The van der Waals surface area contributed by atoms with Gasteiger partial charge in [-0.25, -0.2) is 18.6 Å². The zero-order chi connectivity index (χ0) is 53.9. The van der Waals surface area contributed by atoms with E-state index in [0.717, 1.165) is 25.8 Å². The molecule has 74 heavy (non-hydrogen) atoms. The highest BCUT2D eigenvalue weighted by Crippen LogP contribution is 2.50. The van der Waals surface area contributed by atoms with E-state index in [4.69, 9.17) is 33.1 Å².